The Morgan fingerprint density at radius 3 is 2.81 bits per heavy atom. The molecule has 1 saturated carbocycles. The molecular formula is C14H11ClFN3O2. The Hall–Kier alpha value is -2.21. The summed E-state index contributed by atoms with van der Waals surface area (Å²) in [5.41, 5.74) is 0.306. The third-order valence-electron chi connectivity index (χ3n) is 3.44. The smallest absolute Gasteiger partial charge is 0.309 e. The summed E-state index contributed by atoms with van der Waals surface area (Å²) in [7, 11) is 0. The van der Waals surface area contributed by atoms with Gasteiger partial charge in [-0.25, -0.2) is 9.18 Å². The van der Waals surface area contributed by atoms with E-state index in [2.05, 4.69) is 15.3 Å². The minimum absolute atomic E-state index is 0.0962. The first-order valence-electron chi connectivity index (χ1n) is 6.36. The number of anilines is 1. The first-order chi connectivity index (χ1) is 10.0. The van der Waals surface area contributed by atoms with E-state index in [0.29, 0.717) is 11.4 Å². The van der Waals surface area contributed by atoms with Crippen molar-refractivity contribution in [1.82, 2.24) is 9.97 Å². The maximum absolute atomic E-state index is 13.4. The molecule has 1 aromatic carbocycles. The zero-order chi connectivity index (χ0) is 15.0. The molecule has 7 heteroatoms. The Bertz CT molecular complexity index is 745. The fourth-order valence-electron chi connectivity index (χ4n) is 2.25. The molecule has 0 spiro atoms. The first kappa shape index (κ1) is 13.8. The summed E-state index contributed by atoms with van der Waals surface area (Å²) in [4.78, 5) is 28.5. The summed E-state index contributed by atoms with van der Waals surface area (Å²) in [6.45, 7) is 0. The molecule has 0 radical (unpaired) electrons. The van der Waals surface area contributed by atoms with Crippen LogP contribution in [0.15, 0.2) is 35.3 Å². The third kappa shape index (κ3) is 2.95. The normalized spacial score (nSPS) is 20.1. The lowest BCUT2D eigenvalue weighted by Gasteiger charge is -2.05. The predicted molar refractivity (Wildman–Crippen MR) is 75.7 cm³/mol. The molecule has 1 amide bonds. The van der Waals surface area contributed by atoms with Gasteiger partial charge >= 0.3 is 5.69 Å². The van der Waals surface area contributed by atoms with Crippen molar-refractivity contribution in [2.45, 2.75) is 12.3 Å². The molecule has 2 atom stereocenters. The van der Waals surface area contributed by atoms with Gasteiger partial charge in [0.2, 0.25) is 5.91 Å². The first-order valence-corrected chi connectivity index (χ1v) is 6.73. The maximum Gasteiger partial charge on any atom is 0.346 e. The number of hydrogen-bond donors (Lipinski definition) is 2. The largest absolute Gasteiger partial charge is 0.346 e. The maximum atomic E-state index is 13.4. The number of amides is 1. The minimum atomic E-state index is -0.772. The second-order valence-corrected chi connectivity index (χ2v) is 5.34. The Morgan fingerprint density at radius 1 is 1.38 bits per heavy atom. The van der Waals surface area contributed by atoms with Crippen LogP contribution >= 0.6 is 11.6 Å². The topological polar surface area (TPSA) is 74.8 Å². The van der Waals surface area contributed by atoms with Crippen LogP contribution in [0.3, 0.4) is 0 Å². The highest BCUT2D eigenvalue weighted by Crippen LogP contribution is 2.48. The number of carbonyl (C=O) groups excluding carboxylic acids is 1. The number of nitrogens with zero attached hydrogens (tertiary/aromatic N) is 1. The van der Waals surface area contributed by atoms with E-state index >= 15 is 0 Å². The Morgan fingerprint density at radius 2 is 2.10 bits per heavy atom. The second kappa shape index (κ2) is 5.29. The van der Waals surface area contributed by atoms with Gasteiger partial charge in [-0.3, -0.25) is 9.78 Å². The molecule has 0 unspecified atom stereocenters. The quantitative estimate of drug-likeness (QED) is 0.913. The van der Waals surface area contributed by atoms with Gasteiger partial charge in [-0.2, -0.15) is 4.98 Å². The zero-order valence-corrected chi connectivity index (χ0v) is 11.5. The Kier molecular flexibility index (Phi) is 3.47. The van der Waals surface area contributed by atoms with Crippen molar-refractivity contribution in [3.05, 3.63) is 57.3 Å². The van der Waals surface area contributed by atoms with Crippen LogP contribution in [0, 0.1) is 11.7 Å². The summed E-state index contributed by atoms with van der Waals surface area (Å²) in [6.07, 6.45) is 1.46. The lowest BCUT2D eigenvalue weighted by atomic mass is 10.1. The zero-order valence-electron chi connectivity index (χ0n) is 10.8. The molecule has 1 fully saturated rings. The molecule has 1 aromatic heterocycles. The van der Waals surface area contributed by atoms with E-state index in [9.17, 15) is 14.0 Å². The molecule has 5 nitrogen and oxygen atoms in total. The molecule has 21 heavy (non-hydrogen) atoms. The van der Waals surface area contributed by atoms with Crippen LogP contribution in [0.4, 0.5) is 10.2 Å². The van der Waals surface area contributed by atoms with Gasteiger partial charge in [0.15, 0.2) is 11.6 Å². The van der Waals surface area contributed by atoms with Gasteiger partial charge in [0.25, 0.3) is 0 Å². The molecule has 0 saturated heterocycles. The van der Waals surface area contributed by atoms with Crippen LogP contribution in [0.1, 0.15) is 17.9 Å². The van der Waals surface area contributed by atoms with Crippen molar-refractivity contribution in [2.24, 2.45) is 5.92 Å². The Balaban J connectivity index is 1.69. The number of aromatic nitrogens is 2. The lowest BCUT2D eigenvalue weighted by molar-refractivity contribution is -0.117. The number of H-pyrrole nitrogens is 1. The van der Waals surface area contributed by atoms with Gasteiger partial charge < -0.3 is 5.32 Å². The van der Waals surface area contributed by atoms with Gasteiger partial charge in [0.1, 0.15) is 0 Å². The standard InChI is InChI=1S/C14H11ClFN3O2/c15-8-3-1-7(2-4-8)9-5-10(9)13(20)18-12-11(16)6-17-14(21)19-12/h1-4,6,9-10H,5H2,(H2,17,18,19,20,21)/t9-,10+/m0/s1. The number of nitrogens with one attached hydrogen (secondary N) is 2. The number of carbonyl (C=O) groups is 1. The molecule has 108 valence electrons. The Labute approximate surface area is 124 Å². The van der Waals surface area contributed by atoms with Crippen LogP contribution in [-0.2, 0) is 4.79 Å². The molecular weight excluding hydrogens is 297 g/mol. The van der Waals surface area contributed by atoms with E-state index < -0.39 is 11.5 Å². The van der Waals surface area contributed by atoms with Crippen molar-refractivity contribution in [3.8, 4) is 0 Å². The van der Waals surface area contributed by atoms with Gasteiger partial charge in [-0.1, -0.05) is 23.7 Å². The predicted octanol–water partition coefficient (Wildman–Crippen LogP) is 2.30. The van der Waals surface area contributed by atoms with Gasteiger partial charge in [0.05, 0.1) is 6.20 Å². The van der Waals surface area contributed by atoms with E-state index in [4.69, 9.17) is 11.6 Å². The minimum Gasteiger partial charge on any atom is -0.309 e. The fraction of sp³-hybridized carbons (Fsp3) is 0.214. The highest BCUT2D eigenvalue weighted by Gasteiger charge is 2.44. The molecule has 3 rings (SSSR count). The molecule has 1 aliphatic rings. The van der Waals surface area contributed by atoms with Crippen LogP contribution < -0.4 is 11.0 Å². The van der Waals surface area contributed by atoms with Crippen molar-refractivity contribution in [3.63, 3.8) is 0 Å². The summed E-state index contributed by atoms with van der Waals surface area (Å²) < 4.78 is 13.4. The molecule has 2 aromatic rings. The molecule has 2 N–H and O–H groups in total. The summed E-state index contributed by atoms with van der Waals surface area (Å²) >= 11 is 5.81. The van der Waals surface area contributed by atoms with E-state index in [1.165, 1.54) is 0 Å². The summed E-state index contributed by atoms with van der Waals surface area (Å²) in [5.74, 6) is -1.48. The molecule has 1 aliphatic carbocycles. The van der Waals surface area contributed by atoms with Gasteiger partial charge in [-0.15, -0.1) is 0 Å². The highest BCUT2D eigenvalue weighted by atomic mass is 35.5. The number of aromatic amines is 1. The average molecular weight is 308 g/mol. The van der Waals surface area contributed by atoms with Crippen LogP contribution in [0.2, 0.25) is 5.02 Å². The number of rotatable bonds is 3. The van der Waals surface area contributed by atoms with E-state index in [0.717, 1.165) is 11.8 Å². The van der Waals surface area contributed by atoms with Crippen LogP contribution in [0.5, 0.6) is 0 Å². The lowest BCUT2D eigenvalue weighted by Crippen LogP contribution is -2.21. The molecule has 0 bridgehead atoms. The van der Waals surface area contributed by atoms with Crippen molar-refractivity contribution in [1.29, 1.82) is 0 Å². The van der Waals surface area contributed by atoms with Crippen LogP contribution in [0.25, 0.3) is 0 Å². The molecule has 0 aliphatic heterocycles. The number of benzene rings is 1. The van der Waals surface area contributed by atoms with E-state index in [1.807, 2.05) is 12.1 Å². The number of hydrogen-bond acceptors (Lipinski definition) is 3. The van der Waals surface area contributed by atoms with Crippen molar-refractivity contribution < 1.29 is 9.18 Å². The van der Waals surface area contributed by atoms with E-state index in [-0.39, 0.29) is 23.6 Å². The van der Waals surface area contributed by atoms with Crippen LogP contribution in [-0.4, -0.2) is 15.9 Å². The monoisotopic (exact) mass is 307 g/mol. The van der Waals surface area contributed by atoms with Gasteiger partial charge in [-0.05, 0) is 30.0 Å². The fourth-order valence-corrected chi connectivity index (χ4v) is 2.37. The third-order valence-corrected chi connectivity index (χ3v) is 3.69. The van der Waals surface area contributed by atoms with Crippen molar-refractivity contribution in [2.75, 3.05) is 5.32 Å². The van der Waals surface area contributed by atoms with Gasteiger partial charge in [0, 0.05) is 10.9 Å². The SMILES string of the molecule is O=C(Nc1[nH]c(=O)ncc1F)[C@@H]1C[C@H]1c1ccc(Cl)cc1. The second-order valence-electron chi connectivity index (χ2n) is 4.90. The molecule has 1 heterocycles. The van der Waals surface area contributed by atoms with E-state index in [1.54, 1.807) is 12.1 Å². The van der Waals surface area contributed by atoms with Crippen molar-refractivity contribution >= 4 is 23.3 Å². The summed E-state index contributed by atoms with van der Waals surface area (Å²) in [5, 5.41) is 3.02. The summed E-state index contributed by atoms with van der Waals surface area (Å²) in [6, 6.07) is 7.28. The average Bonchev–Trinajstić information content (AvgIpc) is 3.24. The highest BCUT2D eigenvalue weighted by molar-refractivity contribution is 6.30. The number of halogens is 2.